The van der Waals surface area contributed by atoms with Gasteiger partial charge in [-0.15, -0.1) is 0 Å². The van der Waals surface area contributed by atoms with Crippen LogP contribution < -0.4 is 15.5 Å². The smallest absolute Gasteiger partial charge is 0.252 e. The minimum atomic E-state index is -0.586. The van der Waals surface area contributed by atoms with E-state index in [2.05, 4.69) is 15.2 Å². The lowest BCUT2D eigenvalue weighted by molar-refractivity contribution is 0.0912. The molecule has 0 bridgehead atoms. The van der Waals surface area contributed by atoms with Crippen molar-refractivity contribution in [1.29, 1.82) is 0 Å². The van der Waals surface area contributed by atoms with E-state index in [1.807, 2.05) is 56.3 Å². The van der Waals surface area contributed by atoms with Crippen molar-refractivity contribution in [3.8, 4) is 5.75 Å². The Balaban J connectivity index is 1.28. The summed E-state index contributed by atoms with van der Waals surface area (Å²) in [6.45, 7) is 7.92. The number of amides is 1. The zero-order valence-corrected chi connectivity index (χ0v) is 20.3. The van der Waals surface area contributed by atoms with Gasteiger partial charge in [-0.2, -0.15) is 0 Å². The summed E-state index contributed by atoms with van der Waals surface area (Å²) in [6, 6.07) is 20.5. The third-order valence-electron chi connectivity index (χ3n) is 6.84. The van der Waals surface area contributed by atoms with Gasteiger partial charge in [-0.05, 0) is 87.8 Å². The number of hydrogen-bond acceptors (Lipinski definition) is 4. The van der Waals surface area contributed by atoms with Crippen molar-refractivity contribution >= 4 is 27.7 Å². The Kier molecular flexibility index (Phi) is 6.31. The molecular formula is C29H31N3O3. The molecule has 1 amide bonds. The molecule has 5 rings (SSSR count). The van der Waals surface area contributed by atoms with E-state index in [1.165, 1.54) is 25.9 Å². The fourth-order valence-electron chi connectivity index (χ4n) is 4.76. The molecule has 6 heteroatoms. The first-order valence-electron chi connectivity index (χ1n) is 12.2. The lowest BCUT2D eigenvalue weighted by Gasteiger charge is -2.27. The highest BCUT2D eigenvalue weighted by atomic mass is 16.5. The van der Waals surface area contributed by atoms with Crippen LogP contribution in [0.25, 0.3) is 21.8 Å². The van der Waals surface area contributed by atoms with Crippen molar-refractivity contribution in [3.05, 3.63) is 88.1 Å². The molecule has 1 aromatic heterocycles. The van der Waals surface area contributed by atoms with E-state index < -0.39 is 5.54 Å². The Hall–Kier alpha value is -3.64. The van der Waals surface area contributed by atoms with E-state index in [9.17, 15) is 9.59 Å². The SMILES string of the molecule is CC(C)(NC(=O)c1ccc2c(=O)c3ccccc3[nH]c2c1)c1ccc(OCCN2CCCC2)cc1. The van der Waals surface area contributed by atoms with E-state index in [0.717, 1.165) is 23.4 Å². The molecule has 1 aliphatic heterocycles. The molecule has 1 aliphatic rings. The molecule has 3 aromatic carbocycles. The first-order chi connectivity index (χ1) is 16.9. The average Bonchev–Trinajstić information content (AvgIpc) is 3.37. The Morgan fingerprint density at radius 2 is 1.69 bits per heavy atom. The number of fused-ring (bicyclic) bond motifs is 2. The number of likely N-dealkylation sites (tertiary alicyclic amines) is 1. The van der Waals surface area contributed by atoms with Gasteiger partial charge in [0.25, 0.3) is 5.91 Å². The molecule has 4 aromatic rings. The number of aromatic amines is 1. The van der Waals surface area contributed by atoms with Gasteiger partial charge in [0.1, 0.15) is 12.4 Å². The summed E-state index contributed by atoms with van der Waals surface area (Å²) >= 11 is 0. The molecule has 2 heterocycles. The summed E-state index contributed by atoms with van der Waals surface area (Å²) in [7, 11) is 0. The molecule has 1 fully saturated rings. The number of benzene rings is 3. The topological polar surface area (TPSA) is 74.4 Å². The number of nitrogens with one attached hydrogen (secondary N) is 2. The van der Waals surface area contributed by atoms with Crippen molar-refractivity contribution in [1.82, 2.24) is 15.2 Å². The van der Waals surface area contributed by atoms with Crippen molar-refractivity contribution in [2.75, 3.05) is 26.2 Å². The Morgan fingerprint density at radius 1 is 0.971 bits per heavy atom. The highest BCUT2D eigenvalue weighted by Crippen LogP contribution is 2.24. The molecule has 2 N–H and O–H groups in total. The Labute approximate surface area is 204 Å². The van der Waals surface area contributed by atoms with Crippen LogP contribution in [-0.2, 0) is 5.54 Å². The average molecular weight is 470 g/mol. The van der Waals surface area contributed by atoms with Crippen molar-refractivity contribution in [2.45, 2.75) is 32.2 Å². The van der Waals surface area contributed by atoms with Crippen LogP contribution in [0.5, 0.6) is 5.75 Å². The normalized spacial score (nSPS) is 14.5. The second kappa shape index (κ2) is 9.55. The number of aromatic nitrogens is 1. The first-order valence-corrected chi connectivity index (χ1v) is 12.2. The minimum absolute atomic E-state index is 0.0376. The van der Waals surface area contributed by atoms with E-state index in [-0.39, 0.29) is 11.3 Å². The number of H-pyrrole nitrogens is 1. The standard InChI is InChI=1S/C29H31N3O3/c1-29(2,21-10-12-22(13-11-21)35-18-17-32-15-5-6-16-32)31-28(34)20-9-14-24-26(19-20)30-25-8-4-3-7-23(25)27(24)33/h3-4,7-14,19H,5-6,15-18H2,1-2H3,(H,30,33)(H,31,34). The number of para-hydroxylation sites is 1. The summed E-state index contributed by atoms with van der Waals surface area (Å²) in [5.74, 6) is 0.637. The zero-order valence-electron chi connectivity index (χ0n) is 20.3. The molecule has 0 unspecified atom stereocenters. The van der Waals surface area contributed by atoms with Crippen molar-refractivity contribution < 1.29 is 9.53 Å². The van der Waals surface area contributed by atoms with Crippen LogP contribution in [-0.4, -0.2) is 42.0 Å². The van der Waals surface area contributed by atoms with Crippen LogP contribution >= 0.6 is 0 Å². The lowest BCUT2D eigenvalue weighted by Crippen LogP contribution is -2.41. The third kappa shape index (κ3) is 4.93. The van der Waals surface area contributed by atoms with Crippen LogP contribution in [0, 0.1) is 0 Å². The highest BCUT2D eigenvalue weighted by molar-refractivity contribution is 6.00. The van der Waals surface area contributed by atoms with Gasteiger partial charge < -0.3 is 15.0 Å². The van der Waals surface area contributed by atoms with E-state index >= 15 is 0 Å². The fraction of sp³-hybridized carbons (Fsp3) is 0.310. The molecule has 0 aliphatic carbocycles. The van der Waals surface area contributed by atoms with Crippen LogP contribution in [0.15, 0.2) is 71.5 Å². The van der Waals surface area contributed by atoms with E-state index in [1.54, 1.807) is 24.3 Å². The molecule has 6 nitrogen and oxygen atoms in total. The number of nitrogens with zero attached hydrogens (tertiary/aromatic N) is 1. The monoisotopic (exact) mass is 469 g/mol. The third-order valence-corrected chi connectivity index (χ3v) is 6.84. The molecule has 0 spiro atoms. The predicted octanol–water partition coefficient (Wildman–Crippen LogP) is 4.82. The van der Waals surface area contributed by atoms with Gasteiger partial charge in [0.15, 0.2) is 5.43 Å². The lowest BCUT2D eigenvalue weighted by atomic mass is 9.93. The highest BCUT2D eigenvalue weighted by Gasteiger charge is 2.24. The zero-order chi connectivity index (χ0) is 24.4. The predicted molar refractivity (Wildman–Crippen MR) is 140 cm³/mol. The Morgan fingerprint density at radius 3 is 2.46 bits per heavy atom. The molecule has 0 radical (unpaired) electrons. The molecule has 0 saturated carbocycles. The molecule has 35 heavy (non-hydrogen) atoms. The van der Waals surface area contributed by atoms with Crippen molar-refractivity contribution in [2.24, 2.45) is 0 Å². The van der Waals surface area contributed by atoms with Gasteiger partial charge in [-0.1, -0.05) is 24.3 Å². The molecule has 180 valence electrons. The maximum Gasteiger partial charge on any atom is 0.252 e. The summed E-state index contributed by atoms with van der Waals surface area (Å²) in [4.78, 5) is 31.6. The van der Waals surface area contributed by atoms with E-state index in [0.29, 0.717) is 28.5 Å². The van der Waals surface area contributed by atoms with Crippen LogP contribution in [0.4, 0.5) is 0 Å². The molecule has 0 atom stereocenters. The second-order valence-corrected chi connectivity index (χ2v) is 9.76. The van der Waals surface area contributed by atoms with Gasteiger partial charge in [-0.3, -0.25) is 14.5 Å². The van der Waals surface area contributed by atoms with Gasteiger partial charge in [-0.25, -0.2) is 0 Å². The number of rotatable bonds is 7. The number of ether oxygens (including phenoxy) is 1. The minimum Gasteiger partial charge on any atom is -0.492 e. The van der Waals surface area contributed by atoms with Gasteiger partial charge >= 0.3 is 0 Å². The number of pyridine rings is 1. The summed E-state index contributed by atoms with van der Waals surface area (Å²) in [5, 5.41) is 4.34. The molecule has 1 saturated heterocycles. The van der Waals surface area contributed by atoms with E-state index in [4.69, 9.17) is 4.74 Å². The number of carbonyl (C=O) groups is 1. The van der Waals surface area contributed by atoms with Gasteiger partial charge in [0.2, 0.25) is 0 Å². The summed E-state index contributed by atoms with van der Waals surface area (Å²) in [5.41, 5.74) is 2.26. The summed E-state index contributed by atoms with van der Waals surface area (Å²) in [6.07, 6.45) is 2.56. The maximum atomic E-state index is 13.1. The van der Waals surface area contributed by atoms with Crippen LogP contribution in [0.1, 0.15) is 42.6 Å². The Bertz CT molecular complexity index is 1420. The number of hydrogen-bond donors (Lipinski definition) is 2. The van der Waals surface area contributed by atoms with Crippen molar-refractivity contribution in [3.63, 3.8) is 0 Å². The van der Waals surface area contributed by atoms with Crippen LogP contribution in [0.3, 0.4) is 0 Å². The first kappa shape index (κ1) is 23.1. The second-order valence-electron chi connectivity index (χ2n) is 9.76. The maximum absolute atomic E-state index is 13.1. The molecular weight excluding hydrogens is 438 g/mol. The van der Waals surface area contributed by atoms with Crippen LogP contribution in [0.2, 0.25) is 0 Å². The summed E-state index contributed by atoms with van der Waals surface area (Å²) < 4.78 is 5.91. The fourth-order valence-corrected chi connectivity index (χ4v) is 4.76. The van der Waals surface area contributed by atoms with Gasteiger partial charge in [0.05, 0.1) is 11.1 Å². The largest absolute Gasteiger partial charge is 0.492 e. The number of carbonyl (C=O) groups excluding carboxylic acids is 1. The quantitative estimate of drug-likeness (QED) is 0.381. The van der Waals surface area contributed by atoms with Gasteiger partial charge in [0, 0.05) is 28.4 Å².